The van der Waals surface area contributed by atoms with Crippen molar-refractivity contribution in [3.05, 3.63) is 144 Å². The predicted molar refractivity (Wildman–Crippen MR) is 119 cm³/mol. The molecule has 0 saturated heterocycles. The van der Waals surface area contributed by atoms with E-state index in [9.17, 15) is 29.7 Å². The van der Waals surface area contributed by atoms with Crippen LogP contribution in [0.5, 0.6) is 0 Å². The molecule has 0 aromatic heterocycles. The van der Waals surface area contributed by atoms with Crippen LogP contribution >= 0.6 is 0 Å². The van der Waals surface area contributed by atoms with Gasteiger partial charge in [0.2, 0.25) is 0 Å². The summed E-state index contributed by atoms with van der Waals surface area (Å²) in [6.45, 7) is 0. The molecule has 0 bridgehead atoms. The molecule has 0 saturated carbocycles. The summed E-state index contributed by atoms with van der Waals surface area (Å²) in [6, 6.07) is 36.2. The van der Waals surface area contributed by atoms with E-state index in [4.69, 9.17) is 0 Å². The summed E-state index contributed by atoms with van der Waals surface area (Å²) in [7, 11) is 0. The Balaban J connectivity index is 0.000000427. The van der Waals surface area contributed by atoms with Gasteiger partial charge in [0.15, 0.2) is 0 Å². The van der Waals surface area contributed by atoms with Crippen molar-refractivity contribution >= 4 is 17.9 Å². The molecule has 6 nitrogen and oxygen atoms in total. The molecule has 0 aliphatic rings. The largest absolute Gasteiger partial charge is 3.00 e. The van der Waals surface area contributed by atoms with Crippen LogP contribution in [0.4, 0.5) is 0 Å². The van der Waals surface area contributed by atoms with Gasteiger partial charge in [0.1, 0.15) is 0 Å². The van der Waals surface area contributed by atoms with E-state index in [1.54, 1.807) is 54.6 Å². The second-order valence-electron chi connectivity index (χ2n) is 6.12. The Kier molecular flexibility index (Phi) is 16.1. The van der Waals surface area contributed by atoms with Gasteiger partial charge in [-0.2, -0.15) is 0 Å². The zero-order chi connectivity index (χ0) is 24.3. The van der Waals surface area contributed by atoms with Crippen LogP contribution in [0.3, 0.4) is 0 Å². The third-order valence-electron chi connectivity index (χ3n) is 3.70. The minimum absolute atomic E-state index is 0. The monoisotopic (exact) mass is 497 g/mol. The number of carbonyl (C=O) groups is 3. The fourth-order valence-corrected chi connectivity index (χ4v) is 2.11. The van der Waals surface area contributed by atoms with E-state index in [-0.39, 0.29) is 33.8 Å². The second-order valence-corrected chi connectivity index (χ2v) is 6.12. The molecule has 0 fully saturated rings. The van der Waals surface area contributed by atoms with Gasteiger partial charge in [-0.1, -0.05) is 127 Å². The normalized spacial score (nSPS) is 8.47. The number of hydrogen-bond acceptors (Lipinski definition) is 6. The van der Waals surface area contributed by atoms with Crippen molar-refractivity contribution in [1.29, 1.82) is 0 Å². The van der Waals surface area contributed by atoms with Crippen molar-refractivity contribution in [1.82, 2.24) is 0 Å². The van der Waals surface area contributed by atoms with Crippen LogP contribution in [-0.2, 0) is 17.1 Å². The minimum atomic E-state index is -1.13. The SMILES string of the molecule is O=C([O-])c1ccccc1.O=C([O-])c1ccccc1.O=C([O-])c1ccccc1.[Fe+3].c1ccccc1. The first-order valence-electron chi connectivity index (χ1n) is 9.71. The molecule has 0 unspecified atom stereocenters. The third kappa shape index (κ3) is 14.0. The molecular formula is C27H21FeO6. The average molecular weight is 497 g/mol. The topological polar surface area (TPSA) is 120 Å². The first kappa shape index (κ1) is 29.8. The molecule has 1 radical (unpaired) electrons. The average Bonchev–Trinajstić information content (AvgIpc) is 2.88. The van der Waals surface area contributed by atoms with Crippen molar-refractivity contribution in [2.75, 3.05) is 0 Å². The maximum Gasteiger partial charge on any atom is 3.00 e. The van der Waals surface area contributed by atoms with Crippen molar-refractivity contribution in [2.24, 2.45) is 0 Å². The van der Waals surface area contributed by atoms with Crippen LogP contribution in [0.25, 0.3) is 0 Å². The van der Waals surface area contributed by atoms with E-state index in [1.807, 2.05) is 36.4 Å². The van der Waals surface area contributed by atoms with Crippen LogP contribution in [-0.4, -0.2) is 17.9 Å². The molecule has 0 heterocycles. The molecule has 0 N–H and O–H groups in total. The molecule has 173 valence electrons. The van der Waals surface area contributed by atoms with Crippen LogP contribution in [0.2, 0.25) is 0 Å². The second kappa shape index (κ2) is 18.4. The standard InChI is InChI=1S/3C7H6O2.C6H6.Fe/c3*8-7(9)6-4-2-1-3-5-6;1-2-4-6-5-3-1;/h3*1-5H,(H,8,9);1-6H;/q;;;;+3/p-3. The Morgan fingerprint density at radius 1 is 0.353 bits per heavy atom. The molecule has 4 rings (SSSR count). The molecule has 4 aromatic rings. The van der Waals surface area contributed by atoms with E-state index in [0.717, 1.165) is 0 Å². The molecule has 0 aliphatic carbocycles. The van der Waals surface area contributed by atoms with Crippen molar-refractivity contribution in [3.63, 3.8) is 0 Å². The van der Waals surface area contributed by atoms with Crippen LogP contribution < -0.4 is 15.3 Å². The molecule has 7 heteroatoms. The van der Waals surface area contributed by atoms with E-state index >= 15 is 0 Å². The Morgan fingerprint density at radius 3 is 0.618 bits per heavy atom. The van der Waals surface area contributed by atoms with E-state index in [0.29, 0.717) is 0 Å². The molecule has 0 aliphatic heterocycles. The summed E-state index contributed by atoms with van der Waals surface area (Å²) >= 11 is 0. The third-order valence-corrected chi connectivity index (χ3v) is 3.70. The molecular weight excluding hydrogens is 476 g/mol. The molecule has 0 atom stereocenters. The Bertz CT molecular complexity index is 929. The number of hydrogen-bond donors (Lipinski definition) is 0. The van der Waals surface area contributed by atoms with Crippen molar-refractivity contribution < 1.29 is 46.8 Å². The van der Waals surface area contributed by atoms with Crippen LogP contribution in [0.1, 0.15) is 31.1 Å². The first-order valence-corrected chi connectivity index (χ1v) is 9.71. The van der Waals surface area contributed by atoms with Gasteiger partial charge in [-0.15, -0.1) is 0 Å². The summed E-state index contributed by atoms with van der Waals surface area (Å²) in [6.07, 6.45) is 0. The summed E-state index contributed by atoms with van der Waals surface area (Å²) in [5, 5.41) is 30.3. The predicted octanol–water partition coefficient (Wildman–Crippen LogP) is 1.83. The Hall–Kier alpha value is -4.19. The molecule has 0 spiro atoms. The maximum absolute atomic E-state index is 10.1. The van der Waals surface area contributed by atoms with Crippen molar-refractivity contribution in [2.45, 2.75) is 0 Å². The Morgan fingerprint density at radius 2 is 0.500 bits per heavy atom. The van der Waals surface area contributed by atoms with Crippen LogP contribution in [0.15, 0.2) is 127 Å². The zero-order valence-electron chi connectivity index (χ0n) is 17.9. The summed E-state index contributed by atoms with van der Waals surface area (Å²) < 4.78 is 0. The Labute approximate surface area is 208 Å². The van der Waals surface area contributed by atoms with Gasteiger partial charge < -0.3 is 29.7 Å². The van der Waals surface area contributed by atoms with E-state index in [1.165, 1.54) is 36.4 Å². The summed E-state index contributed by atoms with van der Waals surface area (Å²) in [5.74, 6) is -3.39. The molecule has 0 amide bonds. The van der Waals surface area contributed by atoms with Gasteiger partial charge in [0.05, 0.1) is 17.9 Å². The quantitative estimate of drug-likeness (QED) is 0.399. The fraction of sp³-hybridized carbons (Fsp3) is 0. The summed E-state index contributed by atoms with van der Waals surface area (Å²) in [4.78, 5) is 30.3. The van der Waals surface area contributed by atoms with E-state index < -0.39 is 17.9 Å². The van der Waals surface area contributed by atoms with Gasteiger partial charge in [0, 0.05) is 0 Å². The smallest absolute Gasteiger partial charge is 0.545 e. The van der Waals surface area contributed by atoms with Gasteiger partial charge in [-0.25, -0.2) is 0 Å². The molecule has 34 heavy (non-hydrogen) atoms. The van der Waals surface area contributed by atoms with E-state index in [2.05, 4.69) is 0 Å². The fourth-order valence-electron chi connectivity index (χ4n) is 2.11. The number of carboxylic acid groups (broad SMARTS) is 3. The van der Waals surface area contributed by atoms with Gasteiger partial charge in [-0.3, -0.25) is 0 Å². The minimum Gasteiger partial charge on any atom is -0.545 e. The molecule has 4 aromatic carbocycles. The first-order chi connectivity index (χ1) is 15.9. The number of carbonyl (C=O) groups excluding carboxylic acids is 3. The van der Waals surface area contributed by atoms with Gasteiger partial charge in [-0.05, 0) is 16.7 Å². The van der Waals surface area contributed by atoms with Gasteiger partial charge in [0.25, 0.3) is 0 Å². The van der Waals surface area contributed by atoms with Gasteiger partial charge >= 0.3 is 17.1 Å². The maximum atomic E-state index is 10.1. The number of carboxylic acids is 3. The number of aromatic carboxylic acids is 3. The number of rotatable bonds is 3. The number of benzene rings is 4. The van der Waals surface area contributed by atoms with Crippen molar-refractivity contribution in [3.8, 4) is 0 Å². The van der Waals surface area contributed by atoms with Crippen LogP contribution in [0, 0.1) is 0 Å². The zero-order valence-corrected chi connectivity index (χ0v) is 19.0. The summed E-state index contributed by atoms with van der Waals surface area (Å²) in [5.41, 5.74) is 0.660.